The van der Waals surface area contributed by atoms with Gasteiger partial charge >= 0.3 is 5.97 Å². The predicted octanol–water partition coefficient (Wildman–Crippen LogP) is 2.30. The van der Waals surface area contributed by atoms with Crippen LogP contribution < -0.4 is 5.32 Å². The van der Waals surface area contributed by atoms with Gasteiger partial charge in [-0.1, -0.05) is 17.7 Å². The number of carboxylic acid groups (broad SMARTS) is 1. The maximum absolute atomic E-state index is 11.1. The van der Waals surface area contributed by atoms with Gasteiger partial charge in [-0.15, -0.1) is 0 Å². The molecule has 1 aromatic carbocycles. The lowest BCUT2D eigenvalue weighted by Gasteiger charge is -2.18. The Morgan fingerprint density at radius 3 is 2.59 bits per heavy atom. The Labute approximate surface area is 105 Å². The number of carboxylic acids is 1. The van der Waals surface area contributed by atoms with E-state index in [1.807, 2.05) is 6.92 Å². The molecule has 0 fully saturated rings. The zero-order chi connectivity index (χ0) is 13.0. The molecule has 0 aliphatic heterocycles. The molecule has 4 nitrogen and oxygen atoms in total. The van der Waals surface area contributed by atoms with Gasteiger partial charge in [0.1, 0.15) is 0 Å². The fraction of sp³-hybridized carbons (Fsp3) is 0.333. The van der Waals surface area contributed by atoms with Crippen molar-refractivity contribution in [2.45, 2.75) is 26.3 Å². The van der Waals surface area contributed by atoms with Gasteiger partial charge in [0.2, 0.25) is 5.91 Å². The van der Waals surface area contributed by atoms with Crippen molar-refractivity contribution in [3.8, 4) is 0 Å². The van der Waals surface area contributed by atoms with E-state index >= 15 is 0 Å². The normalized spacial score (nSPS) is 11.9. The molecule has 1 amide bonds. The third-order valence-electron chi connectivity index (χ3n) is 2.36. The van der Waals surface area contributed by atoms with Crippen molar-refractivity contribution < 1.29 is 14.7 Å². The van der Waals surface area contributed by atoms with Crippen LogP contribution in [0.4, 0.5) is 0 Å². The van der Waals surface area contributed by atoms with E-state index in [2.05, 4.69) is 5.32 Å². The number of rotatable bonds is 4. The molecule has 0 spiro atoms. The Morgan fingerprint density at radius 1 is 1.47 bits per heavy atom. The molecule has 0 aliphatic carbocycles. The quantitative estimate of drug-likeness (QED) is 0.868. The minimum absolute atomic E-state index is 0.151. The molecule has 0 heterocycles. The van der Waals surface area contributed by atoms with Gasteiger partial charge in [-0.2, -0.15) is 0 Å². The van der Waals surface area contributed by atoms with Crippen LogP contribution in [0, 0.1) is 6.92 Å². The fourth-order valence-electron chi connectivity index (χ4n) is 1.69. The van der Waals surface area contributed by atoms with Crippen LogP contribution in [0.1, 0.15) is 30.5 Å². The molecule has 0 aliphatic rings. The first-order valence-corrected chi connectivity index (χ1v) is 5.53. The lowest BCUT2D eigenvalue weighted by atomic mass is 9.99. The van der Waals surface area contributed by atoms with E-state index in [-0.39, 0.29) is 12.3 Å². The van der Waals surface area contributed by atoms with Gasteiger partial charge < -0.3 is 10.4 Å². The first-order chi connectivity index (χ1) is 7.90. The number of carbonyl (C=O) groups is 2. The molecule has 2 N–H and O–H groups in total. The summed E-state index contributed by atoms with van der Waals surface area (Å²) in [6.07, 6.45) is -0.151. The summed E-state index contributed by atoms with van der Waals surface area (Å²) >= 11 is 5.83. The van der Waals surface area contributed by atoms with Crippen LogP contribution in [0.15, 0.2) is 18.2 Å². The summed E-state index contributed by atoms with van der Waals surface area (Å²) in [6, 6.07) is 4.64. The van der Waals surface area contributed by atoms with E-state index in [9.17, 15) is 9.59 Å². The Balaban J connectivity index is 3.02. The molecule has 1 aromatic rings. The van der Waals surface area contributed by atoms with Gasteiger partial charge in [0.15, 0.2) is 0 Å². The lowest BCUT2D eigenvalue weighted by molar-refractivity contribution is -0.137. The van der Waals surface area contributed by atoms with E-state index in [1.165, 1.54) is 6.92 Å². The van der Waals surface area contributed by atoms with Crippen LogP contribution in [0.3, 0.4) is 0 Å². The maximum Gasteiger partial charge on any atom is 0.305 e. The number of hydrogen-bond donors (Lipinski definition) is 2. The molecule has 92 valence electrons. The Kier molecular flexibility index (Phi) is 4.52. The van der Waals surface area contributed by atoms with Crippen molar-refractivity contribution in [2.75, 3.05) is 0 Å². The number of benzene rings is 1. The highest BCUT2D eigenvalue weighted by Gasteiger charge is 2.18. The van der Waals surface area contributed by atoms with E-state index in [1.54, 1.807) is 18.2 Å². The zero-order valence-corrected chi connectivity index (χ0v) is 10.4. The molecular weight excluding hydrogens is 242 g/mol. The van der Waals surface area contributed by atoms with E-state index in [0.29, 0.717) is 5.02 Å². The van der Waals surface area contributed by atoms with Crippen LogP contribution in [0.2, 0.25) is 5.02 Å². The van der Waals surface area contributed by atoms with Crippen molar-refractivity contribution in [1.82, 2.24) is 5.32 Å². The molecule has 17 heavy (non-hydrogen) atoms. The van der Waals surface area contributed by atoms with Crippen LogP contribution in [0.5, 0.6) is 0 Å². The molecule has 0 bridgehead atoms. The lowest BCUT2D eigenvalue weighted by Crippen LogP contribution is -2.28. The molecule has 0 saturated carbocycles. The summed E-state index contributed by atoms with van der Waals surface area (Å²) in [7, 11) is 0. The average Bonchev–Trinajstić information content (AvgIpc) is 2.14. The minimum Gasteiger partial charge on any atom is -0.481 e. The Hall–Kier alpha value is -1.55. The Morgan fingerprint density at radius 2 is 2.12 bits per heavy atom. The molecule has 5 heteroatoms. The van der Waals surface area contributed by atoms with Crippen LogP contribution in [-0.4, -0.2) is 17.0 Å². The highest BCUT2D eigenvalue weighted by Crippen LogP contribution is 2.23. The summed E-state index contributed by atoms with van der Waals surface area (Å²) in [4.78, 5) is 21.8. The number of nitrogens with one attached hydrogen (secondary N) is 1. The van der Waals surface area contributed by atoms with Gasteiger partial charge in [-0.3, -0.25) is 9.59 Å². The summed E-state index contributed by atoms with van der Waals surface area (Å²) < 4.78 is 0. The van der Waals surface area contributed by atoms with Crippen LogP contribution >= 0.6 is 11.6 Å². The van der Waals surface area contributed by atoms with Crippen LogP contribution in [-0.2, 0) is 9.59 Å². The average molecular weight is 256 g/mol. The molecular formula is C12H14ClNO3. The van der Waals surface area contributed by atoms with Gasteiger partial charge in [-0.25, -0.2) is 0 Å². The molecule has 0 saturated heterocycles. The summed E-state index contributed by atoms with van der Waals surface area (Å²) in [6.45, 7) is 3.19. The maximum atomic E-state index is 11.1. The molecule has 1 unspecified atom stereocenters. The van der Waals surface area contributed by atoms with Gasteiger partial charge in [-0.05, 0) is 30.2 Å². The van der Waals surface area contributed by atoms with Crippen molar-refractivity contribution >= 4 is 23.5 Å². The first kappa shape index (κ1) is 13.5. The third kappa shape index (κ3) is 4.07. The number of aliphatic carboxylic acids is 1. The third-order valence-corrected chi connectivity index (χ3v) is 2.60. The molecule has 1 atom stereocenters. The van der Waals surface area contributed by atoms with Gasteiger partial charge in [0.25, 0.3) is 0 Å². The molecule has 0 aromatic heterocycles. The smallest absolute Gasteiger partial charge is 0.305 e. The number of hydrogen-bond acceptors (Lipinski definition) is 2. The van der Waals surface area contributed by atoms with Crippen molar-refractivity contribution in [1.29, 1.82) is 0 Å². The first-order valence-electron chi connectivity index (χ1n) is 5.15. The predicted molar refractivity (Wildman–Crippen MR) is 65.0 cm³/mol. The van der Waals surface area contributed by atoms with Crippen molar-refractivity contribution in [3.63, 3.8) is 0 Å². The monoisotopic (exact) mass is 255 g/mol. The van der Waals surface area contributed by atoms with Gasteiger partial charge in [0, 0.05) is 11.9 Å². The summed E-state index contributed by atoms with van der Waals surface area (Å²) in [5.41, 5.74) is 1.63. The highest BCUT2D eigenvalue weighted by atomic mass is 35.5. The zero-order valence-electron chi connectivity index (χ0n) is 9.66. The van der Waals surface area contributed by atoms with Crippen LogP contribution in [0.25, 0.3) is 0 Å². The number of carbonyl (C=O) groups excluding carboxylic acids is 1. The van der Waals surface area contributed by atoms with E-state index < -0.39 is 12.0 Å². The van der Waals surface area contributed by atoms with E-state index in [4.69, 9.17) is 16.7 Å². The SMILES string of the molecule is CC(=O)NC(CC(=O)O)c1ccc(Cl)cc1C. The fourth-order valence-corrected chi connectivity index (χ4v) is 1.92. The highest BCUT2D eigenvalue weighted by molar-refractivity contribution is 6.30. The molecule has 1 rings (SSSR count). The number of halogens is 1. The Bertz CT molecular complexity index is 429. The van der Waals surface area contributed by atoms with Gasteiger partial charge in [0.05, 0.1) is 12.5 Å². The minimum atomic E-state index is -0.960. The second-order valence-corrected chi connectivity index (χ2v) is 4.29. The second-order valence-electron chi connectivity index (χ2n) is 3.85. The van der Waals surface area contributed by atoms with Crippen molar-refractivity contribution in [3.05, 3.63) is 34.3 Å². The summed E-state index contributed by atoms with van der Waals surface area (Å²) in [5, 5.41) is 12.0. The second kappa shape index (κ2) is 5.68. The molecule has 0 radical (unpaired) electrons. The topological polar surface area (TPSA) is 66.4 Å². The largest absolute Gasteiger partial charge is 0.481 e. The summed E-state index contributed by atoms with van der Waals surface area (Å²) in [5.74, 6) is -1.22. The standard InChI is InChI=1S/C12H14ClNO3/c1-7-5-9(13)3-4-10(7)11(6-12(16)17)14-8(2)15/h3-5,11H,6H2,1-2H3,(H,14,15)(H,16,17). The number of aryl methyl sites for hydroxylation is 1. The number of amides is 1. The van der Waals surface area contributed by atoms with E-state index in [0.717, 1.165) is 11.1 Å². The van der Waals surface area contributed by atoms with Crippen molar-refractivity contribution in [2.24, 2.45) is 0 Å².